The number of methoxy groups -OCH3 is 1. The minimum absolute atomic E-state index is 0.0670. The van der Waals surface area contributed by atoms with Crippen LogP contribution in [0.4, 0.5) is 0 Å². The zero-order chi connectivity index (χ0) is 28.6. The van der Waals surface area contributed by atoms with E-state index >= 15 is 0 Å². The molecule has 0 spiro atoms. The first-order chi connectivity index (χ1) is 17.5. The molecule has 0 radical (unpaired) electrons. The van der Waals surface area contributed by atoms with Crippen molar-refractivity contribution in [1.82, 2.24) is 0 Å². The summed E-state index contributed by atoms with van der Waals surface area (Å²) in [7, 11) is 1.23. The summed E-state index contributed by atoms with van der Waals surface area (Å²) < 4.78 is 4.69. The van der Waals surface area contributed by atoms with E-state index in [1.807, 2.05) is 6.92 Å². The van der Waals surface area contributed by atoms with E-state index in [0.717, 1.165) is 30.4 Å². The molecule has 0 bridgehead atoms. The van der Waals surface area contributed by atoms with E-state index in [2.05, 4.69) is 39.4 Å². The Labute approximate surface area is 227 Å². The van der Waals surface area contributed by atoms with Crippen molar-refractivity contribution >= 4 is 17.5 Å². The number of carbonyl (C=O) groups excluding carboxylic acids is 3. The van der Waals surface area contributed by atoms with Gasteiger partial charge in [-0.2, -0.15) is 0 Å². The number of hydrogen-bond acceptors (Lipinski definition) is 7. The third-order valence-corrected chi connectivity index (χ3v) is 12.2. The van der Waals surface area contributed by atoms with Gasteiger partial charge in [-0.3, -0.25) is 14.4 Å². The molecule has 2 fully saturated rings. The average Bonchev–Trinajstić information content (AvgIpc) is 3.06. The highest BCUT2D eigenvalue weighted by molar-refractivity contribution is 6.00. The van der Waals surface area contributed by atoms with Gasteiger partial charge in [0.05, 0.1) is 25.2 Å². The zero-order valence-electron chi connectivity index (χ0n) is 24.5. The summed E-state index contributed by atoms with van der Waals surface area (Å²) in [4.78, 5) is 38.9. The van der Waals surface area contributed by atoms with Gasteiger partial charge in [-0.15, -0.1) is 0 Å². The SMILES string of the molecule is COC(=O)C(C)C(O)C(=O)C[C@@H](C)[C@H]1C[C@H](O)[C@@]2(C)C3=C(C(=O)C[C@]12C)[C@@]1(C)CC[C@H](O)C(C)(C)C1CC3. The van der Waals surface area contributed by atoms with Crippen LogP contribution in [0.15, 0.2) is 11.1 Å². The molecular weight excluding hydrogens is 484 g/mol. The van der Waals surface area contributed by atoms with Crippen LogP contribution in [-0.2, 0) is 19.1 Å². The molecule has 2 saturated carbocycles. The van der Waals surface area contributed by atoms with Crippen molar-refractivity contribution < 1.29 is 34.4 Å². The van der Waals surface area contributed by atoms with Crippen LogP contribution in [0.1, 0.15) is 93.4 Å². The van der Waals surface area contributed by atoms with Crippen LogP contribution in [-0.4, -0.2) is 58.3 Å². The van der Waals surface area contributed by atoms with Gasteiger partial charge < -0.3 is 20.1 Å². The van der Waals surface area contributed by atoms with Gasteiger partial charge in [0.15, 0.2) is 11.6 Å². The van der Waals surface area contributed by atoms with Gasteiger partial charge in [0.25, 0.3) is 0 Å². The largest absolute Gasteiger partial charge is 0.469 e. The quantitative estimate of drug-likeness (QED) is 0.442. The molecule has 0 amide bonds. The predicted molar refractivity (Wildman–Crippen MR) is 143 cm³/mol. The Morgan fingerprint density at radius 3 is 2.29 bits per heavy atom. The van der Waals surface area contributed by atoms with E-state index in [9.17, 15) is 29.7 Å². The maximum Gasteiger partial charge on any atom is 0.311 e. The van der Waals surface area contributed by atoms with Gasteiger partial charge in [-0.25, -0.2) is 0 Å². The molecule has 4 aliphatic rings. The average molecular weight is 533 g/mol. The van der Waals surface area contributed by atoms with Gasteiger partial charge in [0.2, 0.25) is 0 Å². The molecule has 0 saturated heterocycles. The molecule has 7 nitrogen and oxygen atoms in total. The molecule has 4 rings (SSSR count). The number of aliphatic hydroxyl groups excluding tert-OH is 3. The Bertz CT molecular complexity index is 1040. The topological polar surface area (TPSA) is 121 Å². The monoisotopic (exact) mass is 532 g/mol. The fourth-order valence-electron chi connectivity index (χ4n) is 9.61. The number of ketones is 2. The number of carbonyl (C=O) groups is 3. The Balaban J connectivity index is 1.68. The van der Waals surface area contributed by atoms with Gasteiger partial charge in [-0.1, -0.05) is 47.1 Å². The molecule has 0 aliphatic heterocycles. The molecule has 4 aliphatic carbocycles. The first-order valence-corrected chi connectivity index (χ1v) is 14.4. The second-order valence-corrected chi connectivity index (χ2v) is 14.2. The first kappa shape index (κ1) is 29.4. The summed E-state index contributed by atoms with van der Waals surface area (Å²) >= 11 is 0. The van der Waals surface area contributed by atoms with Crippen LogP contribution in [0.3, 0.4) is 0 Å². The molecule has 0 aromatic rings. The number of Topliss-reactive ketones (excluding diaryl/α,β-unsaturated/α-hetero) is 2. The third kappa shape index (κ3) is 3.89. The van der Waals surface area contributed by atoms with Crippen LogP contribution in [0.2, 0.25) is 0 Å². The lowest BCUT2D eigenvalue weighted by molar-refractivity contribution is -0.153. The minimum atomic E-state index is -1.45. The van der Waals surface area contributed by atoms with E-state index in [4.69, 9.17) is 0 Å². The maximum absolute atomic E-state index is 14.1. The second-order valence-electron chi connectivity index (χ2n) is 14.2. The van der Waals surface area contributed by atoms with Crippen LogP contribution in [0, 0.1) is 45.3 Å². The second kappa shape index (κ2) is 9.52. The molecule has 38 heavy (non-hydrogen) atoms. The number of esters is 1. The van der Waals surface area contributed by atoms with Gasteiger partial charge >= 0.3 is 5.97 Å². The van der Waals surface area contributed by atoms with E-state index in [1.54, 1.807) is 0 Å². The van der Waals surface area contributed by atoms with Crippen molar-refractivity contribution in [3.8, 4) is 0 Å². The lowest BCUT2D eigenvalue weighted by Crippen LogP contribution is -2.58. The van der Waals surface area contributed by atoms with Crippen molar-refractivity contribution in [3.63, 3.8) is 0 Å². The number of rotatable bonds is 6. The first-order valence-electron chi connectivity index (χ1n) is 14.4. The number of hydrogen-bond donors (Lipinski definition) is 3. The fourth-order valence-corrected chi connectivity index (χ4v) is 9.61. The van der Waals surface area contributed by atoms with E-state index < -0.39 is 40.7 Å². The van der Waals surface area contributed by atoms with Crippen molar-refractivity contribution in [2.75, 3.05) is 7.11 Å². The summed E-state index contributed by atoms with van der Waals surface area (Å²) in [5, 5.41) is 33.0. The highest BCUT2D eigenvalue weighted by Crippen LogP contribution is 2.71. The summed E-state index contributed by atoms with van der Waals surface area (Å²) in [5.74, 6) is -1.94. The van der Waals surface area contributed by atoms with Crippen LogP contribution in [0.25, 0.3) is 0 Å². The summed E-state index contributed by atoms with van der Waals surface area (Å²) in [6.07, 6.45) is 1.42. The molecule has 0 aromatic heterocycles. The van der Waals surface area contributed by atoms with E-state index in [0.29, 0.717) is 19.3 Å². The van der Waals surface area contributed by atoms with Gasteiger partial charge in [0, 0.05) is 23.8 Å². The summed E-state index contributed by atoms with van der Waals surface area (Å²) in [6, 6.07) is 0. The lowest BCUT2D eigenvalue weighted by atomic mass is 9.43. The molecule has 0 aromatic carbocycles. The predicted octanol–water partition coefficient (Wildman–Crippen LogP) is 4.01. The van der Waals surface area contributed by atoms with Crippen LogP contribution >= 0.6 is 0 Å². The Kier molecular flexibility index (Phi) is 7.37. The standard InChI is InChI=1S/C31H48O7/c1-16(13-20(32)26(36)17(2)27(37)38-8)19-14-24(35)31(7)18-9-10-22-28(3,4)23(34)11-12-29(22,5)25(18)21(33)15-30(19,31)6/h16-17,19,22-24,26,34-36H,9-15H2,1-8H3/t16-,17?,19-,22?,23+,24+,26?,29+,30-,31-/m1/s1. The third-order valence-electron chi connectivity index (χ3n) is 12.2. The van der Waals surface area contributed by atoms with Crippen molar-refractivity contribution in [2.45, 2.75) is 112 Å². The van der Waals surface area contributed by atoms with Crippen molar-refractivity contribution in [1.29, 1.82) is 0 Å². The highest BCUT2D eigenvalue weighted by Gasteiger charge is 2.68. The molecule has 214 valence electrons. The Morgan fingerprint density at radius 1 is 1.05 bits per heavy atom. The fraction of sp³-hybridized carbons (Fsp3) is 0.839. The van der Waals surface area contributed by atoms with E-state index in [1.165, 1.54) is 14.0 Å². The number of fused-ring (bicyclic) bond motifs is 4. The molecular formula is C31H48O7. The Hall–Kier alpha value is -1.57. The normalized spacial score (nSPS) is 42.4. The van der Waals surface area contributed by atoms with Gasteiger partial charge in [-0.05, 0) is 73.0 Å². The Morgan fingerprint density at radius 2 is 1.68 bits per heavy atom. The molecule has 3 unspecified atom stereocenters. The lowest BCUT2D eigenvalue weighted by Gasteiger charge is -2.61. The zero-order valence-corrected chi connectivity index (χ0v) is 24.5. The number of allylic oxidation sites excluding steroid dienone is 1. The van der Waals surface area contributed by atoms with Crippen molar-refractivity contribution in [2.24, 2.45) is 45.3 Å². The summed E-state index contributed by atoms with van der Waals surface area (Å²) in [5.41, 5.74) is 0.250. The molecule has 3 N–H and O–H groups in total. The van der Waals surface area contributed by atoms with Crippen LogP contribution < -0.4 is 0 Å². The number of ether oxygens (including phenoxy) is 1. The number of aliphatic hydroxyl groups is 3. The van der Waals surface area contributed by atoms with Crippen molar-refractivity contribution in [3.05, 3.63) is 11.1 Å². The van der Waals surface area contributed by atoms with E-state index in [-0.39, 0.29) is 46.9 Å². The molecule has 0 heterocycles. The maximum atomic E-state index is 14.1. The van der Waals surface area contributed by atoms with Gasteiger partial charge in [0.1, 0.15) is 6.10 Å². The highest BCUT2D eigenvalue weighted by atomic mass is 16.5. The summed E-state index contributed by atoms with van der Waals surface area (Å²) in [6.45, 7) is 14.1. The minimum Gasteiger partial charge on any atom is -0.469 e. The molecule has 7 heteroatoms. The van der Waals surface area contributed by atoms with Crippen LogP contribution in [0.5, 0.6) is 0 Å². The molecule has 10 atom stereocenters. The smallest absolute Gasteiger partial charge is 0.311 e.